The Morgan fingerprint density at radius 2 is 1.86 bits per heavy atom. The lowest BCUT2D eigenvalue weighted by Crippen LogP contribution is -2.38. The van der Waals surface area contributed by atoms with Crippen molar-refractivity contribution in [3.8, 4) is 5.75 Å². The van der Waals surface area contributed by atoms with E-state index in [1.807, 2.05) is 24.4 Å². The zero-order valence-corrected chi connectivity index (χ0v) is 16.2. The number of hydrogen-bond acceptors (Lipinski definition) is 6. The van der Waals surface area contributed by atoms with Crippen LogP contribution in [0.15, 0.2) is 24.4 Å². The van der Waals surface area contributed by atoms with Crippen molar-refractivity contribution in [2.45, 2.75) is 56.7 Å². The Morgan fingerprint density at radius 1 is 1.07 bits per heavy atom. The molecule has 2 N–H and O–H groups in total. The van der Waals surface area contributed by atoms with Crippen LogP contribution < -0.4 is 15.4 Å². The number of benzene rings is 1. The average molecular weight is 388 g/mol. The van der Waals surface area contributed by atoms with E-state index in [0.717, 1.165) is 68.4 Å². The van der Waals surface area contributed by atoms with E-state index >= 15 is 0 Å². The molecule has 6 nitrogen and oxygen atoms in total. The predicted molar refractivity (Wildman–Crippen MR) is 108 cm³/mol. The van der Waals surface area contributed by atoms with Crippen LogP contribution in [0, 0.1) is 0 Å². The minimum absolute atomic E-state index is 0.179. The lowest BCUT2D eigenvalue weighted by atomic mass is 9.91. The zero-order chi connectivity index (χ0) is 19.2. The number of rotatable bonds is 7. The van der Waals surface area contributed by atoms with Gasteiger partial charge in [-0.25, -0.2) is 14.4 Å². The molecule has 4 rings (SSSR count). The molecule has 0 radical (unpaired) electrons. The highest BCUT2D eigenvalue weighted by Gasteiger charge is 2.22. The summed E-state index contributed by atoms with van der Waals surface area (Å²) in [5.41, 5.74) is 0.852. The molecule has 2 aromatic rings. The average Bonchev–Trinajstić information content (AvgIpc) is 2.74. The van der Waals surface area contributed by atoms with Crippen LogP contribution in [0.5, 0.6) is 5.75 Å². The Morgan fingerprint density at radius 3 is 2.64 bits per heavy atom. The highest BCUT2D eigenvalue weighted by Crippen LogP contribution is 2.28. The predicted octanol–water partition coefficient (Wildman–Crippen LogP) is 3.47. The molecule has 2 aliphatic rings. The lowest BCUT2D eigenvalue weighted by molar-refractivity contribution is 0.0261. The molecular weight excluding hydrogens is 359 g/mol. The summed E-state index contributed by atoms with van der Waals surface area (Å²) in [4.78, 5) is 9.25. The molecule has 152 valence electrons. The van der Waals surface area contributed by atoms with E-state index in [2.05, 4.69) is 15.6 Å². The number of halogens is 1. The second-order valence-electron chi connectivity index (χ2n) is 7.65. The van der Waals surface area contributed by atoms with Crippen LogP contribution >= 0.6 is 0 Å². The monoisotopic (exact) mass is 388 g/mol. The molecule has 1 aliphatic carbocycles. The molecule has 2 fully saturated rings. The zero-order valence-electron chi connectivity index (χ0n) is 16.2. The van der Waals surface area contributed by atoms with Crippen molar-refractivity contribution in [1.29, 1.82) is 0 Å². The van der Waals surface area contributed by atoms with Crippen LogP contribution in [0.3, 0.4) is 0 Å². The van der Waals surface area contributed by atoms with Gasteiger partial charge in [0.1, 0.15) is 24.0 Å². The fourth-order valence-corrected chi connectivity index (χ4v) is 4.05. The van der Waals surface area contributed by atoms with E-state index < -0.39 is 0 Å². The first-order valence-electron chi connectivity index (χ1n) is 10.4. The van der Waals surface area contributed by atoms with Crippen LogP contribution in [0.2, 0.25) is 0 Å². The van der Waals surface area contributed by atoms with Crippen LogP contribution in [-0.4, -0.2) is 54.6 Å². The van der Waals surface area contributed by atoms with Crippen LogP contribution in [-0.2, 0) is 4.74 Å². The van der Waals surface area contributed by atoms with Crippen molar-refractivity contribution in [3.63, 3.8) is 0 Å². The van der Waals surface area contributed by atoms with Gasteiger partial charge in [-0.1, -0.05) is 12.1 Å². The smallest absolute Gasteiger partial charge is 0.223 e. The normalized spacial score (nSPS) is 23.6. The van der Waals surface area contributed by atoms with E-state index in [0.29, 0.717) is 24.6 Å². The van der Waals surface area contributed by atoms with Gasteiger partial charge in [0.2, 0.25) is 5.95 Å². The first-order valence-corrected chi connectivity index (χ1v) is 10.4. The summed E-state index contributed by atoms with van der Waals surface area (Å²) >= 11 is 0. The number of fused-ring (bicyclic) bond motifs is 1. The molecular formula is C21H29FN4O2. The van der Waals surface area contributed by atoms with E-state index in [1.54, 1.807) is 0 Å². The van der Waals surface area contributed by atoms with Gasteiger partial charge in [0, 0.05) is 43.1 Å². The first-order chi connectivity index (χ1) is 13.8. The van der Waals surface area contributed by atoms with Gasteiger partial charge in [0.05, 0.1) is 13.2 Å². The maximum absolute atomic E-state index is 12.3. The quantitative estimate of drug-likeness (QED) is 0.757. The van der Waals surface area contributed by atoms with Crippen molar-refractivity contribution >= 4 is 16.9 Å². The number of alkyl halides is 1. The molecule has 1 aromatic carbocycles. The van der Waals surface area contributed by atoms with E-state index in [9.17, 15) is 4.39 Å². The SMILES string of the molecule is FCCN[C@H]1CC[C@H](Nc2ncc3cccc(OC4CCOCC4)c3n2)CC1. The van der Waals surface area contributed by atoms with E-state index in [1.165, 1.54) is 0 Å². The fourth-order valence-electron chi connectivity index (χ4n) is 4.05. The number of anilines is 1. The Bertz CT molecular complexity index is 761. The summed E-state index contributed by atoms with van der Waals surface area (Å²) < 4.78 is 24.0. The number of nitrogens with one attached hydrogen (secondary N) is 2. The lowest BCUT2D eigenvalue weighted by Gasteiger charge is -2.29. The molecule has 1 saturated heterocycles. The standard InChI is InChI=1S/C21H29FN4O2/c22-10-11-23-16-4-6-17(7-5-16)25-21-24-14-15-2-1-3-19(20(15)26-21)28-18-8-12-27-13-9-18/h1-3,14,16-18,23H,4-13H2,(H,24,25,26)/t16-,17-. The van der Waals surface area contributed by atoms with Gasteiger partial charge in [-0.2, -0.15) is 0 Å². The molecule has 1 saturated carbocycles. The molecule has 1 aliphatic heterocycles. The topological polar surface area (TPSA) is 68.3 Å². The largest absolute Gasteiger partial charge is 0.488 e. The van der Waals surface area contributed by atoms with Gasteiger partial charge < -0.3 is 20.1 Å². The Kier molecular flexibility index (Phi) is 6.54. The van der Waals surface area contributed by atoms with Crippen LogP contribution in [0.25, 0.3) is 10.9 Å². The highest BCUT2D eigenvalue weighted by molar-refractivity contribution is 5.84. The molecule has 0 amide bonds. The molecule has 1 aromatic heterocycles. The van der Waals surface area contributed by atoms with Gasteiger partial charge in [0.15, 0.2) is 0 Å². The summed E-state index contributed by atoms with van der Waals surface area (Å²) in [5.74, 6) is 1.46. The summed E-state index contributed by atoms with van der Waals surface area (Å²) in [7, 11) is 0. The molecule has 0 spiro atoms. The third kappa shape index (κ3) is 4.89. The second kappa shape index (κ2) is 9.47. The second-order valence-corrected chi connectivity index (χ2v) is 7.65. The van der Waals surface area contributed by atoms with Gasteiger partial charge in [-0.3, -0.25) is 0 Å². The highest BCUT2D eigenvalue weighted by atomic mass is 19.1. The first kappa shape index (κ1) is 19.3. The molecule has 0 bridgehead atoms. The molecule has 0 unspecified atom stereocenters. The third-order valence-electron chi connectivity index (χ3n) is 5.62. The van der Waals surface area contributed by atoms with Crippen LogP contribution in [0.4, 0.5) is 10.3 Å². The van der Waals surface area contributed by atoms with Gasteiger partial charge in [-0.15, -0.1) is 0 Å². The number of hydrogen-bond donors (Lipinski definition) is 2. The summed E-state index contributed by atoms with van der Waals surface area (Å²) in [5, 5.41) is 7.73. The van der Waals surface area contributed by atoms with Crippen molar-refractivity contribution < 1.29 is 13.9 Å². The number of aromatic nitrogens is 2. The molecule has 2 heterocycles. The van der Waals surface area contributed by atoms with Crippen molar-refractivity contribution in [2.75, 3.05) is 31.7 Å². The van der Waals surface area contributed by atoms with Gasteiger partial charge in [-0.05, 0) is 31.7 Å². The molecule has 28 heavy (non-hydrogen) atoms. The van der Waals surface area contributed by atoms with Gasteiger partial charge in [0.25, 0.3) is 0 Å². The summed E-state index contributed by atoms with van der Waals surface area (Å²) in [6.07, 6.45) is 8.01. The van der Waals surface area contributed by atoms with Crippen molar-refractivity contribution in [3.05, 3.63) is 24.4 Å². The fraction of sp³-hybridized carbons (Fsp3) is 0.619. The van der Waals surface area contributed by atoms with Crippen molar-refractivity contribution in [2.24, 2.45) is 0 Å². The van der Waals surface area contributed by atoms with Gasteiger partial charge >= 0.3 is 0 Å². The third-order valence-corrected chi connectivity index (χ3v) is 5.62. The Labute approximate surface area is 165 Å². The Balaban J connectivity index is 1.41. The maximum atomic E-state index is 12.3. The molecule has 0 atom stereocenters. The Hall–Kier alpha value is -1.99. The number of nitrogens with zero attached hydrogens (tertiary/aromatic N) is 2. The summed E-state index contributed by atoms with van der Waals surface area (Å²) in [6.45, 7) is 1.65. The minimum Gasteiger partial charge on any atom is -0.488 e. The summed E-state index contributed by atoms with van der Waals surface area (Å²) in [6, 6.07) is 6.75. The van der Waals surface area contributed by atoms with Crippen LogP contribution in [0.1, 0.15) is 38.5 Å². The number of ether oxygens (including phenoxy) is 2. The van der Waals surface area contributed by atoms with E-state index in [-0.39, 0.29) is 12.8 Å². The van der Waals surface area contributed by atoms with Crippen molar-refractivity contribution in [1.82, 2.24) is 15.3 Å². The minimum atomic E-state index is -0.304. The molecule has 7 heteroatoms. The number of para-hydroxylation sites is 1. The maximum Gasteiger partial charge on any atom is 0.223 e. The van der Waals surface area contributed by atoms with E-state index in [4.69, 9.17) is 14.5 Å².